The smallest absolute Gasteiger partial charge is 0.405 e. The van der Waals surface area contributed by atoms with E-state index in [0.717, 1.165) is 48.3 Å². The number of carboxylic acid groups (broad SMARTS) is 1. The van der Waals surface area contributed by atoms with E-state index in [-0.39, 0.29) is 11.5 Å². The molecule has 0 radical (unpaired) electrons. The van der Waals surface area contributed by atoms with Crippen molar-refractivity contribution in [1.82, 2.24) is 15.3 Å². The summed E-state index contributed by atoms with van der Waals surface area (Å²) in [7, 11) is 0. The number of anilines is 1. The lowest BCUT2D eigenvalue weighted by molar-refractivity contribution is 0.141. The van der Waals surface area contributed by atoms with E-state index in [4.69, 9.17) is 0 Å². The Bertz CT molecular complexity index is 788. The molecule has 1 atom stereocenters. The number of rotatable bonds is 2. The molecule has 2 N–H and O–H groups in total. The Morgan fingerprint density at radius 1 is 1.24 bits per heavy atom. The summed E-state index contributed by atoms with van der Waals surface area (Å²) in [5.74, 6) is 0.872. The van der Waals surface area contributed by atoms with Crippen LogP contribution in [0.5, 0.6) is 0 Å². The summed E-state index contributed by atoms with van der Waals surface area (Å²) in [6.45, 7) is 1.70. The van der Waals surface area contributed by atoms with Gasteiger partial charge in [-0.15, -0.1) is 0 Å². The Morgan fingerprint density at radius 2 is 2.00 bits per heavy atom. The van der Waals surface area contributed by atoms with Crippen molar-refractivity contribution in [3.63, 3.8) is 0 Å². The van der Waals surface area contributed by atoms with Crippen LogP contribution in [-0.2, 0) is 6.42 Å². The van der Waals surface area contributed by atoms with Gasteiger partial charge in [0.25, 0.3) is 0 Å². The predicted octanol–water partition coefficient (Wildman–Crippen LogP) is 3.39. The van der Waals surface area contributed by atoms with Gasteiger partial charge in [-0.05, 0) is 46.3 Å². The van der Waals surface area contributed by atoms with Gasteiger partial charge in [0, 0.05) is 18.5 Å². The first-order valence-corrected chi connectivity index (χ1v) is 9.16. The summed E-state index contributed by atoms with van der Waals surface area (Å²) >= 11 is 3.31. The van der Waals surface area contributed by atoms with Gasteiger partial charge >= 0.3 is 6.09 Å². The number of piperidine rings is 1. The second kappa shape index (κ2) is 6.29. The molecule has 25 heavy (non-hydrogen) atoms. The van der Waals surface area contributed by atoms with Crippen LogP contribution in [0.4, 0.5) is 10.6 Å². The molecule has 2 aromatic rings. The Hall–Kier alpha value is -2.15. The average Bonchev–Trinajstić information content (AvgIpc) is 2.89. The number of aromatic nitrogens is 2. The largest absolute Gasteiger partial charge is 0.465 e. The zero-order chi connectivity index (χ0) is 17.4. The fraction of sp³-hybridized carbons (Fsp3) is 0.389. The molecular formula is C18H19BrN4O2. The lowest BCUT2D eigenvalue weighted by Gasteiger charge is -2.43. The van der Waals surface area contributed by atoms with Crippen LogP contribution in [0, 0.1) is 5.41 Å². The fourth-order valence-electron chi connectivity index (χ4n) is 4.26. The van der Waals surface area contributed by atoms with E-state index in [1.807, 2.05) is 12.1 Å². The molecule has 1 unspecified atom stereocenters. The van der Waals surface area contributed by atoms with E-state index in [1.165, 1.54) is 5.56 Å². The Kier molecular flexibility index (Phi) is 4.11. The molecule has 1 aliphatic heterocycles. The van der Waals surface area contributed by atoms with Crippen molar-refractivity contribution in [2.75, 3.05) is 18.0 Å². The van der Waals surface area contributed by atoms with Crippen LogP contribution in [0.1, 0.15) is 30.0 Å². The molecule has 1 amide bonds. The van der Waals surface area contributed by atoms with Crippen molar-refractivity contribution in [3.05, 3.63) is 52.4 Å². The summed E-state index contributed by atoms with van der Waals surface area (Å²) in [4.78, 5) is 22.3. The molecule has 2 heterocycles. The third-order valence-electron chi connectivity index (χ3n) is 5.48. The molecule has 2 aliphatic rings. The lowest BCUT2D eigenvalue weighted by Crippen LogP contribution is -2.46. The monoisotopic (exact) mass is 402 g/mol. The number of hydrogen-bond donors (Lipinski definition) is 2. The lowest BCUT2D eigenvalue weighted by atomic mass is 9.72. The van der Waals surface area contributed by atoms with Crippen LogP contribution in [0.15, 0.2) is 41.3 Å². The van der Waals surface area contributed by atoms with Crippen molar-refractivity contribution < 1.29 is 9.90 Å². The summed E-state index contributed by atoms with van der Waals surface area (Å²) in [6.07, 6.45) is 5.29. The van der Waals surface area contributed by atoms with E-state index >= 15 is 0 Å². The Morgan fingerprint density at radius 3 is 2.68 bits per heavy atom. The standard InChI is InChI=1S/C18H19BrN4O2/c19-14-10-21-15(11-20-14)23-7-5-18(6-8-23)9-12-3-1-2-4-13(12)16(18)22-17(24)25/h1-4,10-11,16,22H,5-9H2,(H,24,25). The molecule has 6 nitrogen and oxygen atoms in total. The van der Waals surface area contributed by atoms with Crippen molar-refractivity contribution in [2.45, 2.75) is 25.3 Å². The molecule has 1 aliphatic carbocycles. The highest BCUT2D eigenvalue weighted by Crippen LogP contribution is 2.52. The van der Waals surface area contributed by atoms with E-state index in [2.05, 4.69) is 48.2 Å². The summed E-state index contributed by atoms with van der Waals surface area (Å²) in [6, 6.07) is 8.05. The Balaban J connectivity index is 1.56. The quantitative estimate of drug-likeness (QED) is 0.804. The van der Waals surface area contributed by atoms with Gasteiger partial charge in [-0.3, -0.25) is 0 Å². The van der Waals surface area contributed by atoms with E-state index in [0.29, 0.717) is 0 Å². The molecular weight excluding hydrogens is 384 g/mol. The summed E-state index contributed by atoms with van der Waals surface area (Å²) in [5.41, 5.74) is 2.33. The molecule has 130 valence electrons. The first kappa shape index (κ1) is 16.3. The van der Waals surface area contributed by atoms with Crippen LogP contribution in [-0.4, -0.2) is 34.3 Å². The Labute approximate surface area is 154 Å². The maximum atomic E-state index is 11.4. The van der Waals surface area contributed by atoms with Crippen LogP contribution in [0.2, 0.25) is 0 Å². The van der Waals surface area contributed by atoms with Crippen LogP contribution in [0.3, 0.4) is 0 Å². The first-order chi connectivity index (χ1) is 12.1. The van der Waals surface area contributed by atoms with Gasteiger partial charge < -0.3 is 15.3 Å². The molecule has 1 spiro atoms. The zero-order valence-electron chi connectivity index (χ0n) is 13.7. The highest BCUT2D eigenvalue weighted by atomic mass is 79.9. The van der Waals surface area contributed by atoms with Crippen molar-refractivity contribution in [1.29, 1.82) is 0 Å². The molecule has 0 saturated carbocycles. The fourth-order valence-corrected chi connectivity index (χ4v) is 4.46. The summed E-state index contributed by atoms with van der Waals surface area (Å²) in [5, 5.41) is 12.1. The topological polar surface area (TPSA) is 78.4 Å². The molecule has 1 aromatic carbocycles. The number of fused-ring (bicyclic) bond motifs is 1. The number of amides is 1. The van der Waals surface area contributed by atoms with Gasteiger partial charge in [0.05, 0.1) is 18.4 Å². The number of benzene rings is 1. The normalized spacial score (nSPS) is 21.2. The zero-order valence-corrected chi connectivity index (χ0v) is 15.2. The van der Waals surface area contributed by atoms with Gasteiger partial charge in [0.1, 0.15) is 10.4 Å². The van der Waals surface area contributed by atoms with Crippen molar-refractivity contribution in [3.8, 4) is 0 Å². The highest BCUT2D eigenvalue weighted by molar-refractivity contribution is 9.10. The number of halogens is 1. The van der Waals surface area contributed by atoms with Gasteiger partial charge in [-0.1, -0.05) is 24.3 Å². The number of carbonyl (C=O) groups is 1. The first-order valence-electron chi connectivity index (χ1n) is 8.37. The van der Waals surface area contributed by atoms with E-state index < -0.39 is 6.09 Å². The van der Waals surface area contributed by atoms with Gasteiger partial charge in [0.15, 0.2) is 0 Å². The molecule has 0 bridgehead atoms. The average molecular weight is 403 g/mol. The second-order valence-corrected chi connectivity index (χ2v) is 7.62. The molecule has 1 fully saturated rings. The molecule has 7 heteroatoms. The van der Waals surface area contributed by atoms with Crippen LogP contribution >= 0.6 is 15.9 Å². The minimum Gasteiger partial charge on any atom is -0.465 e. The van der Waals surface area contributed by atoms with Crippen LogP contribution < -0.4 is 10.2 Å². The molecule has 1 saturated heterocycles. The summed E-state index contributed by atoms with van der Waals surface area (Å²) < 4.78 is 0.724. The van der Waals surface area contributed by atoms with Gasteiger partial charge in [-0.2, -0.15) is 0 Å². The molecule has 4 rings (SSSR count). The molecule has 1 aromatic heterocycles. The van der Waals surface area contributed by atoms with Gasteiger partial charge in [0.2, 0.25) is 0 Å². The van der Waals surface area contributed by atoms with E-state index in [9.17, 15) is 9.90 Å². The number of hydrogen-bond acceptors (Lipinski definition) is 4. The number of nitrogens with zero attached hydrogens (tertiary/aromatic N) is 3. The number of nitrogens with one attached hydrogen (secondary N) is 1. The minimum atomic E-state index is -0.956. The maximum absolute atomic E-state index is 11.4. The SMILES string of the molecule is O=C(O)NC1c2ccccc2CC12CCN(c1cnc(Br)cn1)CC2. The maximum Gasteiger partial charge on any atom is 0.405 e. The minimum absolute atomic E-state index is 0.0542. The second-order valence-electron chi connectivity index (χ2n) is 6.80. The van der Waals surface area contributed by atoms with Gasteiger partial charge in [-0.25, -0.2) is 14.8 Å². The van der Waals surface area contributed by atoms with Crippen molar-refractivity contribution >= 4 is 27.8 Å². The van der Waals surface area contributed by atoms with Crippen LogP contribution in [0.25, 0.3) is 0 Å². The third-order valence-corrected chi connectivity index (χ3v) is 5.89. The van der Waals surface area contributed by atoms with E-state index in [1.54, 1.807) is 12.4 Å². The third kappa shape index (κ3) is 2.97. The van der Waals surface area contributed by atoms with Crippen molar-refractivity contribution in [2.24, 2.45) is 5.41 Å². The highest BCUT2D eigenvalue weighted by Gasteiger charge is 2.48. The predicted molar refractivity (Wildman–Crippen MR) is 97.7 cm³/mol.